The zero-order valence-corrected chi connectivity index (χ0v) is 11.4. The van der Waals surface area contributed by atoms with Crippen molar-refractivity contribution in [3.05, 3.63) is 16.1 Å². The molecule has 1 aliphatic rings. The summed E-state index contributed by atoms with van der Waals surface area (Å²) in [6, 6.07) is 0.230. The Bertz CT molecular complexity index is 412. The molecular weight excluding hydrogens is 234 g/mol. The van der Waals surface area contributed by atoms with Crippen LogP contribution < -0.4 is 5.73 Å². The number of aryl methyl sites for hydroxylation is 1. The van der Waals surface area contributed by atoms with Crippen molar-refractivity contribution in [2.24, 2.45) is 10.7 Å². The Labute approximate surface area is 106 Å². The van der Waals surface area contributed by atoms with Crippen LogP contribution in [0.2, 0.25) is 0 Å². The van der Waals surface area contributed by atoms with Gasteiger partial charge in [0.25, 0.3) is 0 Å². The summed E-state index contributed by atoms with van der Waals surface area (Å²) in [6.45, 7) is 4.61. The summed E-state index contributed by atoms with van der Waals surface area (Å²) in [5.74, 6) is 0.643. The summed E-state index contributed by atoms with van der Waals surface area (Å²) in [7, 11) is 4.12. The van der Waals surface area contributed by atoms with E-state index in [4.69, 9.17) is 5.73 Å². The minimum absolute atomic E-state index is 0.230. The molecular formula is C11H19N5S. The number of guanidine groups is 1. The van der Waals surface area contributed by atoms with Gasteiger partial charge in [-0.3, -0.25) is 4.99 Å². The Kier molecular flexibility index (Phi) is 3.63. The maximum absolute atomic E-state index is 5.93. The number of thiazole rings is 1. The molecule has 2 heterocycles. The van der Waals surface area contributed by atoms with Crippen LogP contribution in [0.15, 0.2) is 10.4 Å². The van der Waals surface area contributed by atoms with E-state index in [1.54, 1.807) is 11.3 Å². The number of hydrogen-bond acceptors (Lipinski definition) is 6. The number of nitrogens with zero attached hydrogens (tertiary/aromatic N) is 4. The Morgan fingerprint density at radius 1 is 1.59 bits per heavy atom. The average molecular weight is 253 g/mol. The maximum Gasteiger partial charge on any atom is 0.192 e. The zero-order chi connectivity index (χ0) is 12.4. The lowest BCUT2D eigenvalue weighted by Crippen LogP contribution is -2.40. The molecule has 1 aliphatic heterocycles. The summed E-state index contributed by atoms with van der Waals surface area (Å²) in [4.78, 5) is 13.2. The quantitative estimate of drug-likeness (QED) is 0.857. The molecule has 0 bridgehead atoms. The fraction of sp³-hybridized carbons (Fsp3) is 0.636. The predicted octanol–water partition coefficient (Wildman–Crippen LogP) is 0.685. The molecule has 1 unspecified atom stereocenters. The van der Waals surface area contributed by atoms with Gasteiger partial charge in [0.1, 0.15) is 11.0 Å². The molecule has 0 radical (unpaired) electrons. The average Bonchev–Trinajstić information content (AvgIpc) is 2.82. The Morgan fingerprint density at radius 2 is 2.35 bits per heavy atom. The first-order chi connectivity index (χ1) is 8.08. The first kappa shape index (κ1) is 12.3. The SMILES string of the molecule is Cc1csc(C2CN=C(N)N2CCN(C)C)n1. The molecule has 1 atom stereocenters. The number of hydrogen-bond donors (Lipinski definition) is 1. The molecule has 1 aromatic rings. The minimum Gasteiger partial charge on any atom is -0.370 e. The molecule has 0 saturated heterocycles. The van der Waals surface area contributed by atoms with Gasteiger partial charge in [-0.15, -0.1) is 11.3 Å². The van der Waals surface area contributed by atoms with Gasteiger partial charge in [-0.2, -0.15) is 0 Å². The maximum atomic E-state index is 5.93. The molecule has 0 spiro atoms. The van der Waals surface area contributed by atoms with Gasteiger partial charge in [0.05, 0.1) is 6.54 Å². The molecule has 2 N–H and O–H groups in total. The topological polar surface area (TPSA) is 57.8 Å². The van der Waals surface area contributed by atoms with Crippen LogP contribution in [0.25, 0.3) is 0 Å². The van der Waals surface area contributed by atoms with Crippen molar-refractivity contribution in [1.82, 2.24) is 14.8 Å². The summed E-state index contributed by atoms with van der Waals surface area (Å²) in [5.41, 5.74) is 7.01. The van der Waals surface area contributed by atoms with E-state index in [1.807, 2.05) is 6.92 Å². The third-order valence-corrected chi connectivity index (χ3v) is 3.87. The molecule has 0 aromatic carbocycles. The lowest BCUT2D eigenvalue weighted by Gasteiger charge is -2.26. The van der Waals surface area contributed by atoms with E-state index in [0.717, 1.165) is 30.3 Å². The van der Waals surface area contributed by atoms with Crippen LogP contribution in [0.5, 0.6) is 0 Å². The molecule has 5 nitrogen and oxygen atoms in total. The predicted molar refractivity (Wildman–Crippen MR) is 71.3 cm³/mol. The molecule has 6 heteroatoms. The molecule has 0 aliphatic carbocycles. The van der Waals surface area contributed by atoms with Crippen LogP contribution in [0.4, 0.5) is 0 Å². The van der Waals surface area contributed by atoms with Crippen molar-refractivity contribution in [2.45, 2.75) is 13.0 Å². The second-order valence-corrected chi connectivity index (χ2v) is 5.43. The lowest BCUT2D eigenvalue weighted by atomic mass is 10.3. The first-order valence-corrected chi connectivity index (χ1v) is 6.59. The van der Waals surface area contributed by atoms with Crippen molar-refractivity contribution in [3.63, 3.8) is 0 Å². The molecule has 94 valence electrons. The van der Waals surface area contributed by atoms with E-state index in [9.17, 15) is 0 Å². The molecule has 17 heavy (non-hydrogen) atoms. The van der Waals surface area contributed by atoms with E-state index in [1.165, 1.54) is 0 Å². The third-order valence-electron chi connectivity index (χ3n) is 2.81. The van der Waals surface area contributed by atoms with Gasteiger partial charge in [-0.25, -0.2) is 4.98 Å². The van der Waals surface area contributed by atoms with E-state index < -0.39 is 0 Å². The van der Waals surface area contributed by atoms with Gasteiger partial charge in [0, 0.05) is 24.2 Å². The normalized spacial score (nSPS) is 20.1. The number of nitrogens with two attached hydrogens (primary N) is 1. The van der Waals surface area contributed by atoms with Crippen LogP contribution in [0, 0.1) is 6.92 Å². The van der Waals surface area contributed by atoms with Gasteiger partial charge in [0.15, 0.2) is 5.96 Å². The largest absolute Gasteiger partial charge is 0.370 e. The van der Waals surface area contributed by atoms with Crippen molar-refractivity contribution < 1.29 is 0 Å². The van der Waals surface area contributed by atoms with E-state index >= 15 is 0 Å². The summed E-state index contributed by atoms with van der Waals surface area (Å²) >= 11 is 1.69. The molecule has 0 fully saturated rings. The second-order valence-electron chi connectivity index (χ2n) is 4.54. The van der Waals surface area contributed by atoms with Gasteiger partial charge in [-0.1, -0.05) is 0 Å². The number of rotatable bonds is 4. The van der Waals surface area contributed by atoms with Gasteiger partial charge in [-0.05, 0) is 21.0 Å². The lowest BCUT2D eigenvalue weighted by molar-refractivity contribution is 0.292. The number of likely N-dealkylation sites (N-methyl/N-ethyl adjacent to an activating group) is 1. The second kappa shape index (κ2) is 5.01. The highest BCUT2D eigenvalue weighted by Crippen LogP contribution is 2.27. The first-order valence-electron chi connectivity index (χ1n) is 5.71. The van der Waals surface area contributed by atoms with Crippen molar-refractivity contribution in [2.75, 3.05) is 33.7 Å². The van der Waals surface area contributed by atoms with Crippen molar-refractivity contribution in [3.8, 4) is 0 Å². The Hall–Kier alpha value is -1.14. The molecule has 2 rings (SSSR count). The highest BCUT2D eigenvalue weighted by atomic mass is 32.1. The molecule has 0 amide bonds. The summed E-state index contributed by atoms with van der Waals surface area (Å²) in [6.07, 6.45) is 0. The molecule has 1 aromatic heterocycles. The van der Waals surface area contributed by atoms with Gasteiger partial charge >= 0.3 is 0 Å². The van der Waals surface area contributed by atoms with Gasteiger partial charge in [0.2, 0.25) is 0 Å². The fourth-order valence-electron chi connectivity index (χ4n) is 1.84. The zero-order valence-electron chi connectivity index (χ0n) is 10.6. The fourth-order valence-corrected chi connectivity index (χ4v) is 2.74. The summed E-state index contributed by atoms with van der Waals surface area (Å²) < 4.78 is 0. The minimum atomic E-state index is 0.230. The highest BCUT2D eigenvalue weighted by molar-refractivity contribution is 7.09. The summed E-state index contributed by atoms with van der Waals surface area (Å²) in [5, 5.41) is 3.19. The van der Waals surface area contributed by atoms with Crippen LogP contribution in [0.3, 0.4) is 0 Å². The van der Waals surface area contributed by atoms with Crippen LogP contribution in [-0.2, 0) is 0 Å². The monoisotopic (exact) mass is 253 g/mol. The van der Waals surface area contributed by atoms with Crippen LogP contribution in [-0.4, -0.2) is 54.5 Å². The van der Waals surface area contributed by atoms with Crippen molar-refractivity contribution >= 4 is 17.3 Å². The smallest absolute Gasteiger partial charge is 0.192 e. The molecule has 0 saturated carbocycles. The van der Waals surface area contributed by atoms with Gasteiger partial charge < -0.3 is 15.5 Å². The van der Waals surface area contributed by atoms with E-state index in [2.05, 4.69) is 39.3 Å². The Balaban J connectivity index is 2.07. The third kappa shape index (κ3) is 2.76. The van der Waals surface area contributed by atoms with E-state index in [0.29, 0.717) is 5.96 Å². The van der Waals surface area contributed by atoms with Crippen molar-refractivity contribution in [1.29, 1.82) is 0 Å². The number of aromatic nitrogens is 1. The van der Waals surface area contributed by atoms with E-state index in [-0.39, 0.29) is 6.04 Å². The highest BCUT2D eigenvalue weighted by Gasteiger charge is 2.29. The standard InChI is InChI=1S/C11H19N5S/c1-8-7-17-10(14-8)9-6-13-11(12)16(9)5-4-15(2)3/h7,9H,4-6H2,1-3H3,(H2,12,13). The number of aliphatic imine (C=N–C) groups is 1. The van der Waals surface area contributed by atoms with Crippen LogP contribution >= 0.6 is 11.3 Å². The Morgan fingerprint density at radius 3 is 2.94 bits per heavy atom. The van der Waals surface area contributed by atoms with Crippen LogP contribution in [0.1, 0.15) is 16.7 Å².